The molecule has 6 heteroatoms. The van der Waals surface area contributed by atoms with Gasteiger partial charge in [0.1, 0.15) is 17.4 Å². The summed E-state index contributed by atoms with van der Waals surface area (Å²) in [7, 11) is 0. The molecule has 0 aromatic heterocycles. The van der Waals surface area contributed by atoms with Gasteiger partial charge >= 0.3 is 0 Å². The van der Waals surface area contributed by atoms with Gasteiger partial charge in [0.05, 0.1) is 15.6 Å². The smallest absolute Gasteiger partial charge is 0.266 e. The molecule has 2 aromatic carbocycles. The normalized spacial score (nSPS) is 11.2. The molecule has 0 radical (unpaired) electrons. The summed E-state index contributed by atoms with van der Waals surface area (Å²) in [6.07, 6.45) is 1.55. The number of carbonyl (C=O) groups excluding carboxylic acids is 1. The molecule has 0 atom stereocenters. The Bertz CT molecular complexity index is 892. The highest BCUT2D eigenvalue weighted by atomic mass is 79.9. The fourth-order valence-corrected chi connectivity index (χ4v) is 3.72. The van der Waals surface area contributed by atoms with Crippen LogP contribution < -0.4 is 10.1 Å². The summed E-state index contributed by atoms with van der Waals surface area (Å²) in [5.74, 6) is 0.654. The molecule has 0 fully saturated rings. The molecule has 0 aliphatic carbocycles. The zero-order valence-corrected chi connectivity index (χ0v) is 18.5. The van der Waals surface area contributed by atoms with Gasteiger partial charge in [0, 0.05) is 5.69 Å². The van der Waals surface area contributed by atoms with Crippen LogP contribution in [0.4, 0.5) is 5.69 Å². The van der Waals surface area contributed by atoms with Gasteiger partial charge in [-0.05, 0) is 80.1 Å². The number of hydrogen-bond donors (Lipinski definition) is 1. The standard InChI is InChI=1S/C21H20Br2N2O2/c1-13(2)12-27-20-17(22)9-15(10-18(20)23)8-16(11-24)21(26)25-19-7-5-4-6-14(19)3/h4-10,13H,12H2,1-3H3,(H,25,26)/b16-8+. The maximum Gasteiger partial charge on any atom is 0.266 e. The van der Waals surface area contributed by atoms with Gasteiger partial charge in [0.2, 0.25) is 0 Å². The van der Waals surface area contributed by atoms with Crippen molar-refractivity contribution in [1.82, 2.24) is 0 Å². The van der Waals surface area contributed by atoms with Crippen molar-refractivity contribution < 1.29 is 9.53 Å². The van der Waals surface area contributed by atoms with Crippen molar-refractivity contribution in [2.24, 2.45) is 5.92 Å². The number of halogens is 2. The first-order valence-corrected chi connectivity index (χ1v) is 10.0. The van der Waals surface area contributed by atoms with Gasteiger partial charge in [-0.1, -0.05) is 32.0 Å². The van der Waals surface area contributed by atoms with Gasteiger partial charge in [0.15, 0.2) is 0 Å². The Morgan fingerprint density at radius 2 is 1.89 bits per heavy atom. The quantitative estimate of drug-likeness (QED) is 0.392. The summed E-state index contributed by atoms with van der Waals surface area (Å²) < 4.78 is 7.30. The molecule has 2 aromatic rings. The van der Waals surface area contributed by atoms with Crippen molar-refractivity contribution >= 4 is 49.5 Å². The predicted molar refractivity (Wildman–Crippen MR) is 116 cm³/mol. The Morgan fingerprint density at radius 3 is 2.44 bits per heavy atom. The second-order valence-corrected chi connectivity index (χ2v) is 8.17. The van der Waals surface area contributed by atoms with Crippen LogP contribution in [0.3, 0.4) is 0 Å². The number of hydrogen-bond acceptors (Lipinski definition) is 3. The number of nitriles is 1. The van der Waals surface area contributed by atoms with E-state index in [1.165, 1.54) is 0 Å². The van der Waals surface area contributed by atoms with Crippen LogP contribution in [0.15, 0.2) is 50.9 Å². The van der Waals surface area contributed by atoms with Gasteiger partial charge in [-0.2, -0.15) is 5.26 Å². The highest BCUT2D eigenvalue weighted by molar-refractivity contribution is 9.11. The van der Waals surface area contributed by atoms with Crippen LogP contribution in [0.2, 0.25) is 0 Å². The van der Waals surface area contributed by atoms with Crippen LogP contribution in [-0.4, -0.2) is 12.5 Å². The van der Waals surface area contributed by atoms with Crippen molar-refractivity contribution in [3.8, 4) is 11.8 Å². The van der Waals surface area contributed by atoms with E-state index in [1.807, 2.05) is 43.3 Å². The zero-order chi connectivity index (χ0) is 20.0. The lowest BCUT2D eigenvalue weighted by Gasteiger charge is -2.13. The molecule has 0 saturated carbocycles. The molecule has 27 heavy (non-hydrogen) atoms. The average molecular weight is 492 g/mol. The van der Waals surface area contributed by atoms with Crippen molar-refractivity contribution in [2.45, 2.75) is 20.8 Å². The molecule has 0 aliphatic heterocycles. The molecule has 0 heterocycles. The zero-order valence-electron chi connectivity index (χ0n) is 15.3. The number of nitrogens with one attached hydrogen (secondary N) is 1. The van der Waals surface area contributed by atoms with Crippen molar-refractivity contribution in [2.75, 3.05) is 11.9 Å². The first-order valence-electron chi connectivity index (χ1n) is 8.42. The number of rotatable bonds is 6. The van der Waals surface area contributed by atoms with E-state index in [0.29, 0.717) is 29.5 Å². The minimum absolute atomic E-state index is 0.0212. The van der Waals surface area contributed by atoms with Crippen molar-refractivity contribution in [3.05, 3.63) is 62.0 Å². The van der Waals surface area contributed by atoms with E-state index in [2.05, 4.69) is 51.0 Å². The Morgan fingerprint density at radius 1 is 1.26 bits per heavy atom. The first kappa shape index (κ1) is 21.2. The highest BCUT2D eigenvalue weighted by Crippen LogP contribution is 2.35. The van der Waals surface area contributed by atoms with Gasteiger partial charge in [-0.25, -0.2) is 0 Å². The number of nitrogens with zero attached hydrogens (tertiary/aromatic N) is 1. The summed E-state index contributed by atoms with van der Waals surface area (Å²) >= 11 is 6.99. The summed E-state index contributed by atoms with van der Waals surface area (Å²) in [5.41, 5.74) is 2.35. The molecule has 2 rings (SSSR count). The molecule has 1 N–H and O–H groups in total. The fourth-order valence-electron chi connectivity index (χ4n) is 2.27. The summed E-state index contributed by atoms with van der Waals surface area (Å²) in [5, 5.41) is 12.2. The topological polar surface area (TPSA) is 62.1 Å². The minimum Gasteiger partial charge on any atom is -0.491 e. The maximum absolute atomic E-state index is 12.5. The number of amides is 1. The largest absolute Gasteiger partial charge is 0.491 e. The third kappa shape index (κ3) is 5.95. The van der Waals surface area contributed by atoms with Crippen molar-refractivity contribution in [3.63, 3.8) is 0 Å². The van der Waals surface area contributed by atoms with E-state index in [9.17, 15) is 10.1 Å². The van der Waals surface area contributed by atoms with Gasteiger partial charge in [-0.15, -0.1) is 0 Å². The number of ether oxygens (including phenoxy) is 1. The lowest BCUT2D eigenvalue weighted by Crippen LogP contribution is -2.14. The number of carbonyl (C=O) groups is 1. The highest BCUT2D eigenvalue weighted by Gasteiger charge is 2.13. The number of benzene rings is 2. The van der Waals surface area contributed by atoms with Crippen LogP contribution in [0.5, 0.6) is 5.75 Å². The van der Waals surface area contributed by atoms with Crippen LogP contribution in [0, 0.1) is 24.2 Å². The summed E-state index contributed by atoms with van der Waals surface area (Å²) in [6, 6.07) is 13.0. The average Bonchev–Trinajstić information content (AvgIpc) is 2.60. The van der Waals surface area contributed by atoms with Crippen LogP contribution in [0.1, 0.15) is 25.0 Å². The molecule has 140 valence electrons. The van der Waals surface area contributed by atoms with E-state index in [1.54, 1.807) is 12.1 Å². The third-order valence-corrected chi connectivity index (χ3v) is 4.83. The Hall–Kier alpha value is -2.10. The van der Waals surface area contributed by atoms with Crippen LogP contribution >= 0.6 is 31.9 Å². The van der Waals surface area contributed by atoms with E-state index in [4.69, 9.17) is 4.74 Å². The molecule has 4 nitrogen and oxygen atoms in total. The summed E-state index contributed by atoms with van der Waals surface area (Å²) in [4.78, 5) is 12.5. The molecule has 0 bridgehead atoms. The van der Waals surface area contributed by atoms with Gasteiger partial charge < -0.3 is 10.1 Å². The monoisotopic (exact) mass is 490 g/mol. The molecule has 0 aliphatic rings. The minimum atomic E-state index is -0.445. The van der Waals surface area contributed by atoms with Crippen LogP contribution in [0.25, 0.3) is 6.08 Å². The third-order valence-electron chi connectivity index (χ3n) is 3.65. The SMILES string of the molecule is Cc1ccccc1NC(=O)/C(C#N)=C/c1cc(Br)c(OCC(C)C)c(Br)c1. The van der Waals surface area contributed by atoms with E-state index < -0.39 is 5.91 Å². The molecule has 0 saturated heterocycles. The number of para-hydroxylation sites is 1. The molecular formula is C21H20Br2N2O2. The lowest BCUT2D eigenvalue weighted by atomic mass is 10.1. The maximum atomic E-state index is 12.5. The molecular weight excluding hydrogens is 472 g/mol. The predicted octanol–water partition coefficient (Wildman–Crippen LogP) is 6.10. The van der Waals surface area contributed by atoms with E-state index in [0.717, 1.165) is 14.5 Å². The van der Waals surface area contributed by atoms with Gasteiger partial charge in [0.25, 0.3) is 5.91 Å². The Kier molecular flexibility index (Phi) is 7.64. The second-order valence-electron chi connectivity index (χ2n) is 6.46. The van der Waals surface area contributed by atoms with E-state index >= 15 is 0 Å². The molecule has 1 amide bonds. The molecule has 0 unspecified atom stereocenters. The van der Waals surface area contributed by atoms with Crippen LogP contribution in [-0.2, 0) is 4.79 Å². The number of anilines is 1. The first-order chi connectivity index (χ1) is 12.8. The lowest BCUT2D eigenvalue weighted by molar-refractivity contribution is -0.112. The number of aryl methyl sites for hydroxylation is 1. The Balaban J connectivity index is 2.25. The fraction of sp³-hybridized carbons (Fsp3) is 0.238. The van der Waals surface area contributed by atoms with Gasteiger partial charge in [-0.3, -0.25) is 4.79 Å². The van der Waals surface area contributed by atoms with Crippen molar-refractivity contribution in [1.29, 1.82) is 5.26 Å². The molecule has 0 spiro atoms. The summed E-state index contributed by atoms with van der Waals surface area (Å²) in [6.45, 7) is 6.64. The van der Waals surface area contributed by atoms with E-state index in [-0.39, 0.29) is 5.57 Å². The second kappa shape index (κ2) is 9.72. The Labute approximate surface area is 176 Å².